The molecule has 0 spiro atoms. The Labute approximate surface area is 97.9 Å². The van der Waals surface area contributed by atoms with Gasteiger partial charge in [-0.05, 0) is 30.9 Å². The fraction of sp³-hybridized carbons (Fsp3) is 0.400. The normalized spacial score (nSPS) is 20.8. The number of aliphatic imine (C=N–C) groups is 1. The topological polar surface area (TPSA) is 12.4 Å². The van der Waals surface area contributed by atoms with Crippen molar-refractivity contribution in [2.45, 2.75) is 26.7 Å². The third-order valence-electron chi connectivity index (χ3n) is 3.27. The quantitative estimate of drug-likeness (QED) is 0.522. The van der Waals surface area contributed by atoms with E-state index in [9.17, 15) is 0 Å². The highest BCUT2D eigenvalue weighted by Crippen LogP contribution is 2.34. The molecule has 1 nitrogen and oxygen atoms in total. The van der Waals surface area contributed by atoms with Crippen LogP contribution in [0.5, 0.6) is 0 Å². The first-order valence-electron chi connectivity index (χ1n) is 5.95. The van der Waals surface area contributed by atoms with Gasteiger partial charge >= 0.3 is 0 Å². The lowest BCUT2D eigenvalue weighted by Gasteiger charge is -2.25. The number of para-hydroxylation sites is 1. The minimum Gasteiger partial charge on any atom is -0.261 e. The van der Waals surface area contributed by atoms with Gasteiger partial charge < -0.3 is 0 Å². The molecule has 1 heteroatoms. The maximum absolute atomic E-state index is 4.56. The third kappa shape index (κ3) is 2.60. The van der Waals surface area contributed by atoms with E-state index in [2.05, 4.69) is 37.2 Å². The predicted molar refractivity (Wildman–Crippen MR) is 70.2 cm³/mol. The van der Waals surface area contributed by atoms with Crippen LogP contribution in [0.4, 0.5) is 5.69 Å². The second-order valence-electron chi connectivity index (χ2n) is 5.03. The Kier molecular flexibility index (Phi) is 3.23. The molecule has 0 aliphatic heterocycles. The van der Waals surface area contributed by atoms with Gasteiger partial charge in [0.15, 0.2) is 0 Å². The summed E-state index contributed by atoms with van der Waals surface area (Å²) in [6, 6.07) is 10.1. The minimum atomic E-state index is 0.156. The molecule has 16 heavy (non-hydrogen) atoms. The summed E-state index contributed by atoms with van der Waals surface area (Å²) in [6.45, 7) is 4.53. The summed E-state index contributed by atoms with van der Waals surface area (Å²) < 4.78 is 0. The van der Waals surface area contributed by atoms with Crippen molar-refractivity contribution in [3.8, 4) is 0 Å². The number of hydrogen-bond acceptors (Lipinski definition) is 1. The van der Waals surface area contributed by atoms with Crippen molar-refractivity contribution >= 4 is 11.9 Å². The van der Waals surface area contributed by atoms with E-state index in [1.807, 2.05) is 30.3 Å². The summed E-state index contributed by atoms with van der Waals surface area (Å²) in [5.74, 6) is 0.639. The second-order valence-corrected chi connectivity index (χ2v) is 5.03. The zero-order chi connectivity index (χ0) is 11.4. The van der Waals surface area contributed by atoms with E-state index in [0.717, 1.165) is 5.69 Å². The van der Waals surface area contributed by atoms with Gasteiger partial charge in [-0.25, -0.2) is 0 Å². The fourth-order valence-corrected chi connectivity index (χ4v) is 2.10. The number of rotatable bonds is 3. The van der Waals surface area contributed by atoms with Crippen molar-refractivity contribution in [3.05, 3.63) is 42.5 Å². The molecule has 0 saturated carbocycles. The van der Waals surface area contributed by atoms with E-state index in [0.29, 0.717) is 5.92 Å². The molecule has 1 atom stereocenters. The molecule has 0 bridgehead atoms. The molecule has 0 amide bonds. The molecule has 0 heterocycles. The van der Waals surface area contributed by atoms with Crippen LogP contribution in [-0.2, 0) is 0 Å². The number of benzene rings is 1. The van der Waals surface area contributed by atoms with Crippen LogP contribution in [0, 0.1) is 11.3 Å². The predicted octanol–water partition coefficient (Wildman–Crippen LogP) is 4.38. The van der Waals surface area contributed by atoms with E-state index in [-0.39, 0.29) is 5.41 Å². The lowest BCUT2D eigenvalue weighted by molar-refractivity contribution is 0.379. The van der Waals surface area contributed by atoms with Crippen LogP contribution in [0.1, 0.15) is 26.7 Å². The molecule has 0 radical (unpaired) electrons. The second kappa shape index (κ2) is 4.65. The zero-order valence-electron chi connectivity index (χ0n) is 10.1. The van der Waals surface area contributed by atoms with E-state index in [4.69, 9.17) is 0 Å². The van der Waals surface area contributed by atoms with Gasteiger partial charge in [-0.3, -0.25) is 4.99 Å². The average Bonchev–Trinajstić information content (AvgIpc) is 2.82. The highest BCUT2D eigenvalue weighted by Gasteiger charge is 2.27. The van der Waals surface area contributed by atoms with Crippen molar-refractivity contribution in [3.63, 3.8) is 0 Å². The van der Waals surface area contributed by atoms with Gasteiger partial charge in [0, 0.05) is 11.6 Å². The summed E-state index contributed by atoms with van der Waals surface area (Å²) in [5.41, 5.74) is 1.19. The first kappa shape index (κ1) is 11.1. The first-order chi connectivity index (χ1) is 7.68. The van der Waals surface area contributed by atoms with E-state index in [1.54, 1.807) is 0 Å². The van der Waals surface area contributed by atoms with Crippen molar-refractivity contribution < 1.29 is 0 Å². The van der Waals surface area contributed by atoms with Crippen LogP contribution in [0.25, 0.3) is 0 Å². The summed E-state index contributed by atoms with van der Waals surface area (Å²) in [6.07, 6.45) is 9.18. The summed E-state index contributed by atoms with van der Waals surface area (Å²) >= 11 is 0. The summed E-state index contributed by atoms with van der Waals surface area (Å²) in [5, 5.41) is 0. The SMILES string of the molecule is CC(C)(C=Nc1ccccc1)C1C=CCC1. The maximum atomic E-state index is 4.56. The van der Waals surface area contributed by atoms with Crippen LogP contribution in [-0.4, -0.2) is 6.21 Å². The van der Waals surface area contributed by atoms with Gasteiger partial charge in [0.1, 0.15) is 0 Å². The third-order valence-corrected chi connectivity index (χ3v) is 3.27. The monoisotopic (exact) mass is 213 g/mol. The highest BCUT2D eigenvalue weighted by atomic mass is 14.7. The highest BCUT2D eigenvalue weighted by molar-refractivity contribution is 5.69. The van der Waals surface area contributed by atoms with Crippen LogP contribution in [0.3, 0.4) is 0 Å². The fourth-order valence-electron chi connectivity index (χ4n) is 2.10. The standard InChI is InChI=1S/C15H19N/c1-15(2,13-8-6-7-9-13)12-16-14-10-4-3-5-11-14/h3-6,8,10-13H,7,9H2,1-2H3. The molecule has 1 aliphatic rings. The van der Waals surface area contributed by atoms with Crippen LogP contribution in [0.2, 0.25) is 0 Å². The van der Waals surface area contributed by atoms with Crippen molar-refractivity contribution in [2.75, 3.05) is 0 Å². The van der Waals surface area contributed by atoms with E-state index in [1.165, 1.54) is 12.8 Å². The van der Waals surface area contributed by atoms with Gasteiger partial charge in [-0.15, -0.1) is 0 Å². The minimum absolute atomic E-state index is 0.156. The molecule has 84 valence electrons. The molecular formula is C15H19N. The molecule has 0 aromatic heterocycles. The molecule has 2 rings (SSSR count). The average molecular weight is 213 g/mol. The molecule has 1 aromatic rings. The first-order valence-corrected chi connectivity index (χ1v) is 5.95. The number of hydrogen-bond donors (Lipinski definition) is 0. The van der Waals surface area contributed by atoms with Gasteiger partial charge in [-0.1, -0.05) is 44.2 Å². The number of nitrogens with zero attached hydrogens (tertiary/aromatic N) is 1. The van der Waals surface area contributed by atoms with E-state index >= 15 is 0 Å². The molecule has 0 N–H and O–H groups in total. The number of allylic oxidation sites excluding steroid dienone is 2. The molecular weight excluding hydrogens is 194 g/mol. The largest absolute Gasteiger partial charge is 0.261 e. The Morgan fingerprint density at radius 1 is 1.25 bits per heavy atom. The van der Waals surface area contributed by atoms with E-state index < -0.39 is 0 Å². The van der Waals surface area contributed by atoms with Gasteiger partial charge in [-0.2, -0.15) is 0 Å². The molecule has 1 aliphatic carbocycles. The summed E-state index contributed by atoms with van der Waals surface area (Å²) in [7, 11) is 0. The Morgan fingerprint density at radius 3 is 2.62 bits per heavy atom. The Balaban J connectivity index is 2.08. The lowest BCUT2D eigenvalue weighted by atomic mass is 9.79. The molecule has 0 fully saturated rings. The maximum Gasteiger partial charge on any atom is 0.0625 e. The molecule has 1 unspecified atom stereocenters. The van der Waals surface area contributed by atoms with Gasteiger partial charge in [0.2, 0.25) is 0 Å². The van der Waals surface area contributed by atoms with Crippen molar-refractivity contribution in [2.24, 2.45) is 16.3 Å². The van der Waals surface area contributed by atoms with Gasteiger partial charge in [0.25, 0.3) is 0 Å². The smallest absolute Gasteiger partial charge is 0.0625 e. The Bertz CT molecular complexity index is 387. The summed E-state index contributed by atoms with van der Waals surface area (Å²) in [4.78, 5) is 4.56. The van der Waals surface area contributed by atoms with Crippen molar-refractivity contribution in [1.82, 2.24) is 0 Å². The Hall–Kier alpha value is -1.37. The van der Waals surface area contributed by atoms with Crippen molar-refractivity contribution in [1.29, 1.82) is 0 Å². The molecule has 0 saturated heterocycles. The van der Waals surface area contributed by atoms with Gasteiger partial charge in [0.05, 0.1) is 5.69 Å². The zero-order valence-corrected chi connectivity index (χ0v) is 10.1. The van der Waals surface area contributed by atoms with Crippen LogP contribution in [0.15, 0.2) is 47.5 Å². The molecule has 1 aromatic carbocycles. The lowest BCUT2D eigenvalue weighted by Crippen LogP contribution is -2.22. The Morgan fingerprint density at radius 2 is 2.00 bits per heavy atom. The van der Waals surface area contributed by atoms with Crippen LogP contribution < -0.4 is 0 Å². The van der Waals surface area contributed by atoms with Crippen LogP contribution >= 0.6 is 0 Å².